The molecule has 0 atom stereocenters. The number of hydrogen-bond donors (Lipinski definition) is 3. The van der Waals surface area contributed by atoms with Gasteiger partial charge in [-0.15, -0.1) is 11.6 Å². The van der Waals surface area contributed by atoms with Gasteiger partial charge < -0.3 is 10.8 Å². The van der Waals surface area contributed by atoms with Gasteiger partial charge >= 0.3 is 0 Å². The van der Waals surface area contributed by atoms with Crippen LogP contribution in [0.4, 0.5) is 5.69 Å². The highest BCUT2D eigenvalue weighted by molar-refractivity contribution is 7.89. The number of rotatable bonds is 4. The lowest BCUT2D eigenvalue weighted by atomic mass is 10.3. The number of aromatic hydroxyl groups is 1. The van der Waals surface area contributed by atoms with Crippen molar-refractivity contribution in [3.63, 3.8) is 0 Å². The number of phenols is 1. The zero-order chi connectivity index (χ0) is 13.1. The van der Waals surface area contributed by atoms with Gasteiger partial charge in [-0.2, -0.15) is 0 Å². The van der Waals surface area contributed by atoms with E-state index in [4.69, 9.17) is 17.3 Å². The molecule has 0 spiro atoms. The Morgan fingerprint density at radius 3 is 2.76 bits per heavy atom. The molecule has 0 aromatic heterocycles. The molecule has 17 heavy (non-hydrogen) atoms. The van der Waals surface area contributed by atoms with Crippen molar-refractivity contribution < 1.29 is 13.5 Å². The molecule has 0 saturated heterocycles. The summed E-state index contributed by atoms with van der Waals surface area (Å²) in [7, 11) is -2.29. The highest BCUT2D eigenvalue weighted by atomic mass is 35.5. The predicted molar refractivity (Wildman–Crippen MR) is 66.4 cm³/mol. The number of hydrogen-bond acceptors (Lipinski definition) is 4. The summed E-state index contributed by atoms with van der Waals surface area (Å²) in [4.78, 5) is 3.79. The van der Waals surface area contributed by atoms with E-state index in [1.54, 1.807) is 0 Å². The first kappa shape index (κ1) is 13.8. The normalized spacial score (nSPS) is 12.7. The van der Waals surface area contributed by atoms with Gasteiger partial charge in [0.25, 0.3) is 0 Å². The SMILES string of the molecule is CNS(=O)(=O)c1ccc(O)c(N=C(N)CCl)c1. The number of nitrogens with one attached hydrogen (secondary N) is 1. The minimum Gasteiger partial charge on any atom is -0.506 e. The zero-order valence-corrected chi connectivity index (χ0v) is 10.6. The maximum Gasteiger partial charge on any atom is 0.240 e. The van der Waals surface area contributed by atoms with E-state index in [1.165, 1.54) is 25.2 Å². The average molecular weight is 278 g/mol. The molecule has 1 rings (SSSR count). The molecule has 4 N–H and O–H groups in total. The lowest BCUT2D eigenvalue weighted by Gasteiger charge is -2.05. The van der Waals surface area contributed by atoms with E-state index in [9.17, 15) is 13.5 Å². The molecule has 94 valence electrons. The van der Waals surface area contributed by atoms with Crippen LogP contribution >= 0.6 is 11.6 Å². The first-order chi connectivity index (χ1) is 7.90. The molecule has 0 radical (unpaired) electrons. The molecule has 0 amide bonds. The van der Waals surface area contributed by atoms with E-state index >= 15 is 0 Å². The monoisotopic (exact) mass is 277 g/mol. The van der Waals surface area contributed by atoms with Gasteiger partial charge in [-0.25, -0.2) is 18.1 Å². The fraction of sp³-hybridized carbons (Fsp3) is 0.222. The molecule has 0 saturated carbocycles. The topological polar surface area (TPSA) is 105 Å². The standard InChI is InChI=1S/C9H12ClN3O3S/c1-12-17(15,16)6-2-3-8(14)7(4-6)13-9(11)5-10/h2-4,12,14H,5H2,1H3,(H2,11,13). The molecule has 0 heterocycles. The second-order valence-electron chi connectivity index (χ2n) is 3.09. The molecule has 0 fully saturated rings. The van der Waals surface area contributed by atoms with Crippen molar-refractivity contribution in [3.05, 3.63) is 18.2 Å². The number of halogens is 1. The molecule has 8 heteroatoms. The highest BCUT2D eigenvalue weighted by Gasteiger charge is 2.13. The number of sulfonamides is 1. The minimum absolute atomic E-state index is 0.0115. The van der Waals surface area contributed by atoms with Gasteiger partial charge in [0.05, 0.1) is 10.8 Å². The number of benzene rings is 1. The lowest BCUT2D eigenvalue weighted by Crippen LogP contribution is -2.18. The molecule has 0 bridgehead atoms. The third-order valence-corrected chi connectivity index (χ3v) is 3.61. The summed E-state index contributed by atoms with van der Waals surface area (Å²) < 4.78 is 25.2. The van der Waals surface area contributed by atoms with E-state index in [0.717, 1.165) is 0 Å². The largest absolute Gasteiger partial charge is 0.506 e. The van der Waals surface area contributed by atoms with E-state index < -0.39 is 10.0 Å². The third-order valence-electron chi connectivity index (χ3n) is 1.93. The summed E-state index contributed by atoms with van der Waals surface area (Å²) >= 11 is 5.44. The predicted octanol–water partition coefficient (Wildman–Crippen LogP) is 0.528. The summed E-state index contributed by atoms with van der Waals surface area (Å²) in [5.74, 6) is -0.100. The molecule has 0 unspecified atom stereocenters. The Labute approximate surface area is 104 Å². The van der Waals surface area contributed by atoms with Gasteiger partial charge in [0.1, 0.15) is 17.3 Å². The van der Waals surface area contributed by atoms with Crippen molar-refractivity contribution in [3.8, 4) is 5.75 Å². The minimum atomic E-state index is -3.58. The van der Waals surface area contributed by atoms with Crippen LogP contribution < -0.4 is 10.5 Å². The van der Waals surface area contributed by atoms with Gasteiger partial charge in [0.15, 0.2) is 0 Å². The second kappa shape index (κ2) is 5.35. The molecule has 1 aromatic rings. The lowest BCUT2D eigenvalue weighted by molar-refractivity contribution is 0.476. The fourth-order valence-electron chi connectivity index (χ4n) is 1.06. The van der Waals surface area contributed by atoms with Crippen LogP contribution in [0.15, 0.2) is 28.1 Å². The van der Waals surface area contributed by atoms with Crippen LogP contribution in [0.2, 0.25) is 0 Å². The third kappa shape index (κ3) is 3.32. The van der Waals surface area contributed by atoms with Crippen LogP contribution in [0.5, 0.6) is 5.75 Å². The van der Waals surface area contributed by atoms with E-state index in [-0.39, 0.29) is 28.0 Å². The van der Waals surface area contributed by atoms with Crippen LogP contribution in [-0.4, -0.2) is 32.3 Å². The Kier molecular flexibility index (Phi) is 4.33. The molecular weight excluding hydrogens is 266 g/mol. The van der Waals surface area contributed by atoms with E-state index in [1.807, 2.05) is 0 Å². The summed E-state index contributed by atoms with van der Waals surface area (Å²) in [6.45, 7) is 0. The van der Waals surface area contributed by atoms with Crippen molar-refractivity contribution in [2.75, 3.05) is 12.9 Å². The van der Waals surface area contributed by atoms with Crippen molar-refractivity contribution in [2.45, 2.75) is 4.90 Å². The number of nitrogens with zero attached hydrogens (tertiary/aromatic N) is 1. The van der Waals surface area contributed by atoms with Crippen LogP contribution in [0.25, 0.3) is 0 Å². The Morgan fingerprint density at radius 2 is 2.24 bits per heavy atom. The Balaban J connectivity index is 3.30. The van der Waals surface area contributed by atoms with Crippen LogP contribution in [0.3, 0.4) is 0 Å². The number of amidine groups is 1. The molecular formula is C9H12ClN3O3S. The van der Waals surface area contributed by atoms with E-state index in [0.29, 0.717) is 0 Å². The Hall–Kier alpha value is -1.31. The highest BCUT2D eigenvalue weighted by Crippen LogP contribution is 2.28. The zero-order valence-electron chi connectivity index (χ0n) is 9.01. The number of aliphatic imine (C=N–C) groups is 1. The molecule has 6 nitrogen and oxygen atoms in total. The summed E-state index contributed by atoms with van der Waals surface area (Å²) in [6.07, 6.45) is 0. The molecule has 0 aliphatic heterocycles. The van der Waals surface area contributed by atoms with Crippen molar-refractivity contribution in [1.29, 1.82) is 0 Å². The van der Waals surface area contributed by atoms with Crippen LogP contribution in [0, 0.1) is 0 Å². The number of alkyl halides is 1. The van der Waals surface area contributed by atoms with Gasteiger partial charge in [0.2, 0.25) is 10.0 Å². The number of phenolic OH excluding ortho intramolecular Hbond substituents is 1. The van der Waals surface area contributed by atoms with Crippen LogP contribution in [0.1, 0.15) is 0 Å². The number of nitrogens with two attached hydrogens (primary N) is 1. The first-order valence-electron chi connectivity index (χ1n) is 4.56. The Morgan fingerprint density at radius 1 is 1.59 bits per heavy atom. The quantitative estimate of drug-likeness (QED) is 0.424. The van der Waals surface area contributed by atoms with E-state index in [2.05, 4.69) is 9.71 Å². The maximum atomic E-state index is 11.5. The summed E-state index contributed by atoms with van der Waals surface area (Å²) in [5, 5.41) is 9.50. The van der Waals surface area contributed by atoms with Gasteiger partial charge in [-0.1, -0.05) is 0 Å². The van der Waals surface area contributed by atoms with Gasteiger partial charge in [-0.05, 0) is 25.2 Å². The molecule has 0 aliphatic rings. The van der Waals surface area contributed by atoms with Crippen molar-refractivity contribution in [2.24, 2.45) is 10.7 Å². The second-order valence-corrected chi connectivity index (χ2v) is 5.25. The Bertz CT molecular complexity index is 542. The van der Waals surface area contributed by atoms with Crippen LogP contribution in [-0.2, 0) is 10.0 Å². The van der Waals surface area contributed by atoms with Crippen molar-refractivity contribution in [1.82, 2.24) is 4.72 Å². The van der Waals surface area contributed by atoms with Gasteiger partial charge in [0, 0.05) is 0 Å². The summed E-state index contributed by atoms with van der Waals surface area (Å²) in [6, 6.07) is 3.70. The first-order valence-corrected chi connectivity index (χ1v) is 6.58. The smallest absolute Gasteiger partial charge is 0.240 e. The van der Waals surface area contributed by atoms with Gasteiger partial charge in [-0.3, -0.25) is 0 Å². The maximum absolute atomic E-state index is 11.5. The molecule has 0 aliphatic carbocycles. The fourth-order valence-corrected chi connectivity index (χ4v) is 1.87. The van der Waals surface area contributed by atoms with Crippen molar-refractivity contribution >= 4 is 33.1 Å². The summed E-state index contributed by atoms with van der Waals surface area (Å²) in [5.41, 5.74) is 5.46. The molecule has 1 aromatic carbocycles. The average Bonchev–Trinajstić information content (AvgIpc) is 2.31.